The molecule has 2 aromatic carbocycles. The third-order valence-electron chi connectivity index (χ3n) is 4.89. The van der Waals surface area contributed by atoms with Crippen LogP contribution in [0.2, 0.25) is 0 Å². The van der Waals surface area contributed by atoms with Gasteiger partial charge in [0.05, 0.1) is 6.10 Å². The van der Waals surface area contributed by atoms with E-state index >= 15 is 0 Å². The Bertz CT molecular complexity index is 743. The minimum absolute atomic E-state index is 0.00315. The van der Waals surface area contributed by atoms with E-state index in [2.05, 4.69) is 17.0 Å². The van der Waals surface area contributed by atoms with Crippen molar-refractivity contribution in [1.29, 1.82) is 0 Å². The molecular weight excluding hydrogens is 354 g/mol. The summed E-state index contributed by atoms with van der Waals surface area (Å²) in [4.78, 5) is 13.7. The van der Waals surface area contributed by atoms with E-state index in [9.17, 15) is 9.90 Å². The van der Waals surface area contributed by atoms with E-state index in [1.165, 1.54) is 12.5 Å². The SMILES string of the molecule is CC(=O)c1cccc(OCC(O)CN(Cc2ccccc2)CC2CCCO2)c1. The van der Waals surface area contributed by atoms with E-state index in [0.29, 0.717) is 17.9 Å². The molecule has 1 N–H and O–H groups in total. The van der Waals surface area contributed by atoms with Crippen molar-refractivity contribution < 1.29 is 19.4 Å². The Morgan fingerprint density at radius 2 is 2.07 bits per heavy atom. The van der Waals surface area contributed by atoms with Gasteiger partial charge in [0.1, 0.15) is 18.5 Å². The Morgan fingerprint density at radius 3 is 2.79 bits per heavy atom. The molecule has 150 valence electrons. The lowest BCUT2D eigenvalue weighted by molar-refractivity contribution is 0.0313. The number of aliphatic hydroxyl groups is 1. The lowest BCUT2D eigenvalue weighted by Gasteiger charge is -2.27. The summed E-state index contributed by atoms with van der Waals surface area (Å²) in [6, 6.07) is 17.3. The van der Waals surface area contributed by atoms with Crippen molar-refractivity contribution >= 4 is 5.78 Å². The second kappa shape index (κ2) is 10.4. The van der Waals surface area contributed by atoms with Crippen LogP contribution in [0.3, 0.4) is 0 Å². The van der Waals surface area contributed by atoms with Gasteiger partial charge in [0.2, 0.25) is 0 Å². The average molecular weight is 383 g/mol. The number of benzene rings is 2. The fourth-order valence-electron chi connectivity index (χ4n) is 3.47. The van der Waals surface area contributed by atoms with Crippen molar-refractivity contribution in [1.82, 2.24) is 4.90 Å². The van der Waals surface area contributed by atoms with Crippen molar-refractivity contribution in [3.63, 3.8) is 0 Å². The molecule has 28 heavy (non-hydrogen) atoms. The number of aliphatic hydroxyl groups excluding tert-OH is 1. The van der Waals surface area contributed by atoms with Crippen LogP contribution in [-0.2, 0) is 11.3 Å². The van der Waals surface area contributed by atoms with E-state index in [1.54, 1.807) is 24.3 Å². The van der Waals surface area contributed by atoms with Gasteiger partial charge in [-0.3, -0.25) is 9.69 Å². The van der Waals surface area contributed by atoms with E-state index in [1.807, 2.05) is 18.2 Å². The number of nitrogens with zero attached hydrogens (tertiary/aromatic N) is 1. The van der Waals surface area contributed by atoms with Crippen LogP contribution in [0.25, 0.3) is 0 Å². The lowest BCUT2D eigenvalue weighted by Crippen LogP contribution is -2.39. The zero-order valence-electron chi connectivity index (χ0n) is 16.4. The molecule has 2 aromatic rings. The Labute approximate surface area is 166 Å². The van der Waals surface area contributed by atoms with Crippen LogP contribution < -0.4 is 4.74 Å². The fourth-order valence-corrected chi connectivity index (χ4v) is 3.47. The van der Waals surface area contributed by atoms with Gasteiger partial charge < -0.3 is 14.6 Å². The zero-order valence-corrected chi connectivity index (χ0v) is 16.4. The summed E-state index contributed by atoms with van der Waals surface area (Å²) < 4.78 is 11.5. The Hall–Kier alpha value is -2.21. The van der Waals surface area contributed by atoms with E-state index in [4.69, 9.17) is 9.47 Å². The summed E-state index contributed by atoms with van der Waals surface area (Å²) in [6.07, 6.45) is 1.76. The minimum atomic E-state index is -0.633. The van der Waals surface area contributed by atoms with Crippen LogP contribution in [-0.4, -0.2) is 54.3 Å². The molecule has 0 saturated carbocycles. The number of rotatable bonds is 10. The number of Topliss-reactive ketones (excluding diaryl/α,β-unsaturated/α-hetero) is 1. The summed E-state index contributed by atoms with van der Waals surface area (Å²) in [7, 11) is 0. The third kappa shape index (κ3) is 6.44. The first kappa shape index (κ1) is 20.5. The number of ketones is 1. The molecule has 0 spiro atoms. The van der Waals surface area contributed by atoms with E-state index < -0.39 is 6.10 Å². The van der Waals surface area contributed by atoms with Crippen molar-refractivity contribution in [3.8, 4) is 5.75 Å². The van der Waals surface area contributed by atoms with Gasteiger partial charge in [0.25, 0.3) is 0 Å². The molecule has 0 aromatic heterocycles. The number of carbonyl (C=O) groups is 1. The van der Waals surface area contributed by atoms with Gasteiger partial charge in [0, 0.05) is 31.8 Å². The van der Waals surface area contributed by atoms with Crippen LogP contribution >= 0.6 is 0 Å². The number of carbonyl (C=O) groups excluding carboxylic acids is 1. The van der Waals surface area contributed by atoms with Crippen molar-refractivity contribution in [3.05, 3.63) is 65.7 Å². The zero-order chi connectivity index (χ0) is 19.8. The highest BCUT2D eigenvalue weighted by molar-refractivity contribution is 5.94. The van der Waals surface area contributed by atoms with Gasteiger partial charge in [-0.05, 0) is 37.5 Å². The highest BCUT2D eigenvalue weighted by Gasteiger charge is 2.21. The molecule has 1 saturated heterocycles. The molecule has 1 aliphatic heterocycles. The van der Waals surface area contributed by atoms with Crippen LogP contribution in [0, 0.1) is 0 Å². The van der Waals surface area contributed by atoms with E-state index in [0.717, 1.165) is 32.5 Å². The van der Waals surface area contributed by atoms with Crippen molar-refractivity contribution in [2.75, 3.05) is 26.3 Å². The molecule has 0 amide bonds. The van der Waals surface area contributed by atoms with Crippen LogP contribution in [0.4, 0.5) is 0 Å². The van der Waals surface area contributed by atoms with Crippen LogP contribution in [0.15, 0.2) is 54.6 Å². The lowest BCUT2D eigenvalue weighted by atomic mass is 10.1. The van der Waals surface area contributed by atoms with Gasteiger partial charge >= 0.3 is 0 Å². The van der Waals surface area contributed by atoms with Gasteiger partial charge in [-0.2, -0.15) is 0 Å². The third-order valence-corrected chi connectivity index (χ3v) is 4.89. The molecule has 0 radical (unpaired) electrons. The standard InChI is InChI=1S/C23H29NO4/c1-18(25)20-9-5-10-22(13-20)28-17-21(26)15-24(16-23-11-6-12-27-23)14-19-7-3-2-4-8-19/h2-5,7-10,13,21,23,26H,6,11-12,14-17H2,1H3. The number of hydrogen-bond acceptors (Lipinski definition) is 5. The summed E-state index contributed by atoms with van der Waals surface area (Å²) in [5.41, 5.74) is 1.82. The monoisotopic (exact) mass is 383 g/mol. The Kier molecular flexibility index (Phi) is 7.60. The minimum Gasteiger partial charge on any atom is -0.491 e. The molecule has 1 fully saturated rings. The van der Waals surface area contributed by atoms with E-state index in [-0.39, 0.29) is 18.5 Å². The maximum atomic E-state index is 11.5. The number of ether oxygens (including phenoxy) is 2. The molecular formula is C23H29NO4. The second-order valence-corrected chi connectivity index (χ2v) is 7.36. The normalized spacial score (nSPS) is 17.6. The summed E-state index contributed by atoms with van der Waals surface area (Å²) >= 11 is 0. The van der Waals surface area contributed by atoms with Crippen LogP contribution in [0.1, 0.15) is 35.7 Å². The maximum absolute atomic E-state index is 11.5. The van der Waals surface area contributed by atoms with Crippen LogP contribution in [0.5, 0.6) is 5.75 Å². The molecule has 5 heteroatoms. The van der Waals surface area contributed by atoms with Gasteiger partial charge in [-0.15, -0.1) is 0 Å². The molecule has 2 unspecified atom stereocenters. The van der Waals surface area contributed by atoms with Gasteiger partial charge in [-0.1, -0.05) is 42.5 Å². The summed E-state index contributed by atoms with van der Waals surface area (Å²) in [5.74, 6) is 0.595. The Morgan fingerprint density at radius 1 is 1.25 bits per heavy atom. The second-order valence-electron chi connectivity index (χ2n) is 7.36. The average Bonchev–Trinajstić information content (AvgIpc) is 3.20. The molecule has 3 rings (SSSR count). The molecule has 0 aliphatic carbocycles. The van der Waals surface area contributed by atoms with Crippen molar-refractivity contribution in [2.24, 2.45) is 0 Å². The predicted molar refractivity (Wildman–Crippen MR) is 109 cm³/mol. The fraction of sp³-hybridized carbons (Fsp3) is 0.435. The highest BCUT2D eigenvalue weighted by Crippen LogP contribution is 2.17. The largest absolute Gasteiger partial charge is 0.491 e. The summed E-state index contributed by atoms with van der Waals surface area (Å²) in [5, 5.41) is 10.5. The molecule has 0 bridgehead atoms. The maximum Gasteiger partial charge on any atom is 0.159 e. The first-order valence-corrected chi connectivity index (χ1v) is 9.90. The van der Waals surface area contributed by atoms with Crippen molar-refractivity contribution in [2.45, 2.75) is 38.5 Å². The first-order valence-electron chi connectivity index (χ1n) is 9.90. The first-order chi connectivity index (χ1) is 13.6. The molecule has 5 nitrogen and oxygen atoms in total. The quantitative estimate of drug-likeness (QED) is 0.638. The summed E-state index contributed by atoms with van der Waals surface area (Å²) in [6.45, 7) is 4.59. The van der Waals surface area contributed by atoms with Gasteiger partial charge in [0.15, 0.2) is 5.78 Å². The van der Waals surface area contributed by atoms with Gasteiger partial charge in [-0.25, -0.2) is 0 Å². The predicted octanol–water partition coefficient (Wildman–Crippen LogP) is 3.31. The highest BCUT2D eigenvalue weighted by atomic mass is 16.5. The smallest absolute Gasteiger partial charge is 0.159 e. The Balaban J connectivity index is 1.55. The molecule has 2 atom stereocenters. The molecule has 1 aliphatic rings. The topological polar surface area (TPSA) is 59.0 Å². The number of hydrogen-bond donors (Lipinski definition) is 1. The molecule has 1 heterocycles.